The lowest BCUT2D eigenvalue weighted by atomic mass is 10.3. The van der Waals surface area contributed by atoms with Gasteiger partial charge >= 0.3 is 12.0 Å². The van der Waals surface area contributed by atoms with E-state index in [2.05, 4.69) is 5.92 Å². The average Bonchev–Trinajstić information content (AvgIpc) is 2.35. The van der Waals surface area contributed by atoms with E-state index in [-0.39, 0.29) is 6.54 Å². The van der Waals surface area contributed by atoms with Crippen LogP contribution in [0.25, 0.3) is 0 Å². The van der Waals surface area contributed by atoms with Crippen LogP contribution in [-0.2, 0) is 4.79 Å². The lowest BCUT2D eigenvalue weighted by molar-refractivity contribution is -0.135. The molecule has 1 aromatic rings. The zero-order valence-electron chi connectivity index (χ0n) is 10.3. The Labute approximate surface area is 116 Å². The van der Waals surface area contributed by atoms with Crippen molar-refractivity contribution in [1.82, 2.24) is 4.90 Å². The molecule has 1 rings (SSSR count). The number of hydrogen-bond donors (Lipinski definition) is 1. The Bertz CT molecular complexity index is 525. The highest BCUT2D eigenvalue weighted by Crippen LogP contribution is 2.20. The molecule has 0 saturated heterocycles. The Balaban J connectivity index is 3.05. The third kappa shape index (κ3) is 4.19. The van der Waals surface area contributed by atoms with Crippen molar-refractivity contribution in [1.29, 1.82) is 0 Å². The normalized spacial score (nSPS) is 9.53. The van der Waals surface area contributed by atoms with Gasteiger partial charge in [0.25, 0.3) is 0 Å². The summed E-state index contributed by atoms with van der Waals surface area (Å²) in [6.45, 7) is -0.371. The minimum Gasteiger partial charge on any atom is -0.480 e. The van der Waals surface area contributed by atoms with Crippen LogP contribution in [-0.4, -0.2) is 42.1 Å². The zero-order chi connectivity index (χ0) is 14.4. The molecule has 0 aliphatic heterocycles. The van der Waals surface area contributed by atoms with Crippen molar-refractivity contribution in [2.24, 2.45) is 0 Å². The summed E-state index contributed by atoms with van der Waals surface area (Å²) in [5, 5.41) is 9.31. The predicted octanol–water partition coefficient (Wildman–Crippen LogP) is 1.92. The summed E-state index contributed by atoms with van der Waals surface area (Å²) >= 11 is 5.84. The SMILES string of the molecule is C#CCN(C)C(=O)N(CC(=O)O)c1cccc(Cl)c1. The first-order chi connectivity index (χ1) is 8.95. The molecule has 0 aliphatic rings. The molecular weight excluding hydrogens is 268 g/mol. The summed E-state index contributed by atoms with van der Waals surface area (Å²) in [5.41, 5.74) is 0.406. The number of nitrogens with zero attached hydrogens (tertiary/aromatic N) is 2. The van der Waals surface area contributed by atoms with Crippen LogP contribution in [0, 0.1) is 12.3 Å². The number of benzene rings is 1. The first-order valence-electron chi connectivity index (χ1n) is 5.39. The fraction of sp³-hybridized carbons (Fsp3) is 0.231. The van der Waals surface area contributed by atoms with E-state index in [4.69, 9.17) is 23.1 Å². The fourth-order valence-electron chi connectivity index (χ4n) is 1.46. The molecule has 0 atom stereocenters. The Morgan fingerprint density at radius 3 is 2.68 bits per heavy atom. The molecular formula is C13H13ClN2O3. The van der Waals surface area contributed by atoms with Crippen LogP contribution >= 0.6 is 11.6 Å². The molecule has 6 heteroatoms. The van der Waals surface area contributed by atoms with E-state index < -0.39 is 18.5 Å². The maximum Gasteiger partial charge on any atom is 0.325 e. The number of carboxylic acids is 1. The number of carboxylic acid groups (broad SMARTS) is 1. The Hall–Kier alpha value is -2.19. The standard InChI is InChI=1S/C13H13ClN2O3/c1-3-7-15(2)13(19)16(9-12(17)18)11-6-4-5-10(14)8-11/h1,4-6,8H,7,9H2,2H3,(H,17,18). The van der Waals surface area contributed by atoms with E-state index in [1.54, 1.807) is 18.2 Å². The molecule has 0 aliphatic carbocycles. The maximum atomic E-state index is 12.1. The van der Waals surface area contributed by atoms with E-state index in [0.29, 0.717) is 10.7 Å². The smallest absolute Gasteiger partial charge is 0.325 e. The largest absolute Gasteiger partial charge is 0.480 e. The van der Waals surface area contributed by atoms with Crippen molar-refractivity contribution in [3.8, 4) is 12.3 Å². The minimum atomic E-state index is -1.12. The third-order valence-corrected chi connectivity index (χ3v) is 2.53. The number of anilines is 1. The van der Waals surface area contributed by atoms with Gasteiger partial charge < -0.3 is 10.0 Å². The molecule has 19 heavy (non-hydrogen) atoms. The molecule has 1 aromatic carbocycles. The minimum absolute atomic E-state index is 0.0928. The lowest BCUT2D eigenvalue weighted by Gasteiger charge is -2.26. The Morgan fingerprint density at radius 2 is 2.16 bits per heavy atom. The second kappa shape index (κ2) is 6.66. The van der Waals surface area contributed by atoms with Crippen LogP contribution in [0.1, 0.15) is 0 Å². The van der Waals surface area contributed by atoms with E-state index in [1.807, 2.05) is 0 Å². The van der Waals surface area contributed by atoms with Crippen molar-refractivity contribution < 1.29 is 14.7 Å². The number of amides is 2. The number of carbonyl (C=O) groups is 2. The van der Waals surface area contributed by atoms with Crippen LogP contribution in [0.4, 0.5) is 10.5 Å². The average molecular weight is 281 g/mol. The molecule has 1 N–H and O–H groups in total. The van der Waals surface area contributed by atoms with Crippen LogP contribution in [0.15, 0.2) is 24.3 Å². The van der Waals surface area contributed by atoms with Crippen molar-refractivity contribution in [3.63, 3.8) is 0 Å². The second-order valence-electron chi connectivity index (χ2n) is 3.80. The van der Waals surface area contributed by atoms with Gasteiger partial charge in [-0.25, -0.2) is 4.79 Å². The molecule has 0 saturated carbocycles. The highest BCUT2D eigenvalue weighted by Gasteiger charge is 2.21. The van der Waals surface area contributed by atoms with Gasteiger partial charge in [-0.1, -0.05) is 23.6 Å². The molecule has 0 spiro atoms. The van der Waals surface area contributed by atoms with Gasteiger partial charge in [-0.2, -0.15) is 0 Å². The lowest BCUT2D eigenvalue weighted by Crippen LogP contribution is -2.44. The molecule has 0 fully saturated rings. The van der Waals surface area contributed by atoms with Gasteiger partial charge in [0.05, 0.1) is 6.54 Å². The van der Waals surface area contributed by atoms with Crippen LogP contribution < -0.4 is 4.90 Å². The maximum absolute atomic E-state index is 12.1. The van der Waals surface area contributed by atoms with Gasteiger partial charge in [0.1, 0.15) is 6.54 Å². The van der Waals surface area contributed by atoms with Crippen LogP contribution in [0.5, 0.6) is 0 Å². The molecule has 0 aromatic heterocycles. The number of urea groups is 1. The monoisotopic (exact) mass is 280 g/mol. The van der Waals surface area contributed by atoms with E-state index >= 15 is 0 Å². The molecule has 5 nitrogen and oxygen atoms in total. The highest BCUT2D eigenvalue weighted by atomic mass is 35.5. The predicted molar refractivity (Wildman–Crippen MR) is 73.3 cm³/mol. The summed E-state index contributed by atoms with van der Waals surface area (Å²) in [6, 6.07) is 5.91. The second-order valence-corrected chi connectivity index (χ2v) is 4.24. The first kappa shape index (κ1) is 14.9. The third-order valence-electron chi connectivity index (χ3n) is 2.30. The zero-order valence-corrected chi connectivity index (χ0v) is 11.1. The van der Waals surface area contributed by atoms with E-state index in [9.17, 15) is 9.59 Å². The van der Waals surface area contributed by atoms with Crippen molar-refractivity contribution >= 4 is 29.3 Å². The summed E-state index contributed by atoms with van der Waals surface area (Å²) in [5.74, 6) is 1.20. The summed E-state index contributed by atoms with van der Waals surface area (Å²) in [7, 11) is 1.50. The van der Waals surface area contributed by atoms with E-state index in [0.717, 1.165) is 4.90 Å². The number of carbonyl (C=O) groups excluding carboxylic acids is 1. The molecule has 0 bridgehead atoms. The number of aliphatic carboxylic acids is 1. The molecule has 0 heterocycles. The molecule has 100 valence electrons. The van der Waals surface area contributed by atoms with Gasteiger partial charge in [0.2, 0.25) is 0 Å². The molecule has 0 radical (unpaired) electrons. The molecule has 0 unspecified atom stereocenters. The summed E-state index contributed by atoms with van der Waals surface area (Å²) in [4.78, 5) is 25.4. The highest BCUT2D eigenvalue weighted by molar-refractivity contribution is 6.30. The Kier molecular flexibility index (Phi) is 5.22. The van der Waals surface area contributed by atoms with Crippen molar-refractivity contribution in [3.05, 3.63) is 29.3 Å². The topological polar surface area (TPSA) is 60.9 Å². The van der Waals surface area contributed by atoms with E-state index in [1.165, 1.54) is 18.0 Å². The Morgan fingerprint density at radius 1 is 1.47 bits per heavy atom. The fourth-order valence-corrected chi connectivity index (χ4v) is 1.64. The van der Waals surface area contributed by atoms with Gasteiger partial charge in [-0.05, 0) is 18.2 Å². The van der Waals surface area contributed by atoms with Crippen molar-refractivity contribution in [2.45, 2.75) is 0 Å². The van der Waals surface area contributed by atoms with Gasteiger partial charge in [0.15, 0.2) is 0 Å². The number of terminal acetylenes is 1. The van der Waals surface area contributed by atoms with Crippen LogP contribution in [0.2, 0.25) is 5.02 Å². The molecule has 2 amide bonds. The number of rotatable bonds is 4. The van der Waals surface area contributed by atoms with Crippen LogP contribution in [0.3, 0.4) is 0 Å². The number of halogens is 1. The van der Waals surface area contributed by atoms with Gasteiger partial charge in [-0.3, -0.25) is 9.69 Å². The van der Waals surface area contributed by atoms with Gasteiger partial charge in [-0.15, -0.1) is 6.42 Å². The first-order valence-corrected chi connectivity index (χ1v) is 5.77. The number of hydrogen-bond acceptors (Lipinski definition) is 2. The van der Waals surface area contributed by atoms with Gasteiger partial charge in [0, 0.05) is 17.8 Å². The summed E-state index contributed by atoms with van der Waals surface area (Å²) < 4.78 is 0. The van der Waals surface area contributed by atoms with Crippen molar-refractivity contribution in [2.75, 3.05) is 25.0 Å². The quantitative estimate of drug-likeness (QED) is 0.857. The summed E-state index contributed by atoms with van der Waals surface area (Å²) in [6.07, 6.45) is 5.13.